The minimum Gasteiger partial charge on any atom is -0.457 e. The van der Waals surface area contributed by atoms with Crippen molar-refractivity contribution >= 4 is 15.9 Å². The van der Waals surface area contributed by atoms with E-state index in [9.17, 15) is 0 Å². The van der Waals surface area contributed by atoms with E-state index in [0.29, 0.717) is 5.92 Å². The van der Waals surface area contributed by atoms with Crippen molar-refractivity contribution in [3.05, 3.63) is 52.3 Å². The third-order valence-corrected chi connectivity index (χ3v) is 3.73. The molecule has 1 aromatic carbocycles. The van der Waals surface area contributed by atoms with Crippen LogP contribution in [0.5, 0.6) is 11.5 Å². The number of hydrogen-bond acceptors (Lipinski definition) is 3. The fourth-order valence-corrected chi connectivity index (χ4v) is 2.47. The lowest BCUT2D eigenvalue weighted by Gasteiger charge is -2.16. The first kappa shape index (κ1) is 16.0. The lowest BCUT2D eigenvalue weighted by atomic mass is 10.0. The molecule has 0 spiro atoms. The van der Waals surface area contributed by atoms with Gasteiger partial charge >= 0.3 is 0 Å². The highest BCUT2D eigenvalue weighted by molar-refractivity contribution is 9.10. The zero-order valence-corrected chi connectivity index (χ0v) is 14.3. The number of ether oxygens (including phenoxy) is 1. The van der Waals surface area contributed by atoms with E-state index in [2.05, 4.69) is 53.1 Å². The Hall–Kier alpha value is -1.39. The highest BCUT2D eigenvalue weighted by Crippen LogP contribution is 2.33. The number of benzene rings is 1. The lowest BCUT2D eigenvalue weighted by molar-refractivity contribution is 0.463. The zero-order valence-electron chi connectivity index (χ0n) is 12.7. The molecule has 0 aliphatic carbocycles. The maximum Gasteiger partial charge on any atom is 0.135 e. The molecule has 1 aromatic heterocycles. The van der Waals surface area contributed by atoms with E-state index in [0.717, 1.165) is 34.6 Å². The van der Waals surface area contributed by atoms with Crippen LogP contribution in [0.4, 0.5) is 0 Å². The maximum absolute atomic E-state index is 6.15. The van der Waals surface area contributed by atoms with Gasteiger partial charge in [-0.25, -0.2) is 0 Å². The van der Waals surface area contributed by atoms with Crippen LogP contribution in [0.2, 0.25) is 0 Å². The van der Waals surface area contributed by atoms with Gasteiger partial charge in [0.1, 0.15) is 11.5 Å². The Bertz CT molecular complexity index is 599. The number of pyridine rings is 1. The Balaban J connectivity index is 2.30. The van der Waals surface area contributed by atoms with Gasteiger partial charge in [-0.05, 0) is 42.3 Å². The van der Waals surface area contributed by atoms with Gasteiger partial charge in [0.25, 0.3) is 0 Å². The van der Waals surface area contributed by atoms with E-state index in [-0.39, 0.29) is 0 Å². The third-order valence-electron chi connectivity index (χ3n) is 3.24. The van der Waals surface area contributed by atoms with Gasteiger partial charge in [-0.3, -0.25) is 4.98 Å². The Kier molecular flexibility index (Phi) is 5.76. The van der Waals surface area contributed by atoms with Crippen molar-refractivity contribution in [1.29, 1.82) is 0 Å². The van der Waals surface area contributed by atoms with Gasteiger partial charge in [0.2, 0.25) is 0 Å². The van der Waals surface area contributed by atoms with Gasteiger partial charge in [-0.15, -0.1) is 0 Å². The van der Waals surface area contributed by atoms with Crippen LogP contribution in [0, 0.1) is 0 Å². The first-order chi connectivity index (χ1) is 10.1. The molecular weight excluding hydrogens is 328 g/mol. The standard InChI is InChI=1S/C17H21BrN2O/c1-4-19-10-13-11-20-8-7-16(13)21-17-6-5-14(18)9-15(17)12(2)3/h5-9,11-12,19H,4,10H2,1-3H3. The van der Waals surface area contributed by atoms with Crippen LogP contribution in [-0.4, -0.2) is 11.5 Å². The number of rotatable bonds is 6. The molecule has 21 heavy (non-hydrogen) atoms. The van der Waals surface area contributed by atoms with E-state index >= 15 is 0 Å². The maximum atomic E-state index is 6.15. The van der Waals surface area contributed by atoms with Crippen LogP contribution >= 0.6 is 15.9 Å². The van der Waals surface area contributed by atoms with Crippen molar-refractivity contribution < 1.29 is 4.74 Å². The minimum absolute atomic E-state index is 0.400. The third kappa shape index (κ3) is 4.29. The summed E-state index contributed by atoms with van der Waals surface area (Å²) in [6.07, 6.45) is 3.62. The Morgan fingerprint density at radius 3 is 2.76 bits per heavy atom. The number of nitrogens with one attached hydrogen (secondary N) is 1. The van der Waals surface area contributed by atoms with Crippen LogP contribution in [0.25, 0.3) is 0 Å². The summed E-state index contributed by atoms with van der Waals surface area (Å²) in [6, 6.07) is 8.05. The number of aromatic nitrogens is 1. The summed E-state index contributed by atoms with van der Waals surface area (Å²) in [4.78, 5) is 4.18. The van der Waals surface area contributed by atoms with Crippen molar-refractivity contribution in [2.75, 3.05) is 6.54 Å². The molecule has 2 aromatic rings. The molecule has 0 fully saturated rings. The summed E-state index contributed by atoms with van der Waals surface area (Å²) >= 11 is 3.52. The molecule has 1 N–H and O–H groups in total. The van der Waals surface area contributed by atoms with Gasteiger partial charge in [-0.1, -0.05) is 36.7 Å². The fraction of sp³-hybridized carbons (Fsp3) is 0.353. The molecule has 2 rings (SSSR count). The molecule has 0 saturated carbocycles. The largest absolute Gasteiger partial charge is 0.457 e. The van der Waals surface area contributed by atoms with Crippen LogP contribution in [-0.2, 0) is 6.54 Å². The molecule has 0 unspecified atom stereocenters. The van der Waals surface area contributed by atoms with Gasteiger partial charge in [0.05, 0.1) is 0 Å². The predicted octanol–water partition coefficient (Wildman–Crippen LogP) is 4.87. The van der Waals surface area contributed by atoms with Crippen LogP contribution in [0.1, 0.15) is 37.8 Å². The molecule has 0 bridgehead atoms. The van der Waals surface area contributed by atoms with E-state index < -0.39 is 0 Å². The van der Waals surface area contributed by atoms with E-state index in [1.807, 2.05) is 24.4 Å². The number of nitrogens with zero attached hydrogens (tertiary/aromatic N) is 1. The van der Waals surface area contributed by atoms with Gasteiger partial charge in [0, 0.05) is 29.0 Å². The summed E-state index contributed by atoms with van der Waals surface area (Å²) in [5.41, 5.74) is 2.26. The average Bonchev–Trinajstić information content (AvgIpc) is 2.48. The van der Waals surface area contributed by atoms with Crippen LogP contribution < -0.4 is 10.1 Å². The van der Waals surface area contributed by atoms with Gasteiger partial charge in [-0.2, -0.15) is 0 Å². The van der Waals surface area contributed by atoms with Crippen molar-refractivity contribution in [3.63, 3.8) is 0 Å². The molecule has 0 aliphatic heterocycles. The molecule has 3 nitrogen and oxygen atoms in total. The smallest absolute Gasteiger partial charge is 0.135 e. The highest BCUT2D eigenvalue weighted by atomic mass is 79.9. The molecule has 0 aliphatic rings. The molecule has 0 radical (unpaired) electrons. The summed E-state index contributed by atoms with van der Waals surface area (Å²) in [6.45, 7) is 8.10. The normalized spacial score (nSPS) is 10.9. The van der Waals surface area contributed by atoms with E-state index in [1.54, 1.807) is 6.20 Å². The highest BCUT2D eigenvalue weighted by Gasteiger charge is 2.11. The van der Waals surface area contributed by atoms with Crippen molar-refractivity contribution in [2.45, 2.75) is 33.2 Å². The minimum atomic E-state index is 0.400. The first-order valence-corrected chi connectivity index (χ1v) is 8.02. The first-order valence-electron chi connectivity index (χ1n) is 7.22. The SMILES string of the molecule is CCNCc1cnccc1Oc1ccc(Br)cc1C(C)C. The van der Waals surface area contributed by atoms with Crippen molar-refractivity contribution in [2.24, 2.45) is 0 Å². The molecule has 112 valence electrons. The molecular formula is C17H21BrN2O. The van der Waals surface area contributed by atoms with Crippen molar-refractivity contribution in [3.8, 4) is 11.5 Å². The Labute approximate surface area is 134 Å². The van der Waals surface area contributed by atoms with Crippen molar-refractivity contribution in [1.82, 2.24) is 10.3 Å². The van der Waals surface area contributed by atoms with E-state index in [4.69, 9.17) is 4.74 Å². The Morgan fingerprint density at radius 2 is 2.05 bits per heavy atom. The Morgan fingerprint density at radius 1 is 1.24 bits per heavy atom. The zero-order chi connectivity index (χ0) is 15.2. The monoisotopic (exact) mass is 348 g/mol. The summed E-state index contributed by atoms with van der Waals surface area (Å²) in [5, 5.41) is 3.31. The fourth-order valence-electron chi connectivity index (χ4n) is 2.09. The second-order valence-electron chi connectivity index (χ2n) is 5.20. The lowest BCUT2D eigenvalue weighted by Crippen LogP contribution is -2.12. The summed E-state index contributed by atoms with van der Waals surface area (Å²) in [5.74, 6) is 2.16. The topological polar surface area (TPSA) is 34.2 Å². The second-order valence-corrected chi connectivity index (χ2v) is 6.12. The molecule has 0 atom stereocenters. The molecule has 4 heteroatoms. The average molecular weight is 349 g/mol. The van der Waals surface area contributed by atoms with Crippen LogP contribution in [0.3, 0.4) is 0 Å². The summed E-state index contributed by atoms with van der Waals surface area (Å²) < 4.78 is 7.22. The molecule has 0 saturated heterocycles. The van der Waals surface area contributed by atoms with Crippen LogP contribution in [0.15, 0.2) is 41.1 Å². The van der Waals surface area contributed by atoms with Gasteiger partial charge in [0.15, 0.2) is 0 Å². The molecule has 1 heterocycles. The predicted molar refractivity (Wildman–Crippen MR) is 89.9 cm³/mol. The number of halogens is 1. The summed E-state index contributed by atoms with van der Waals surface area (Å²) in [7, 11) is 0. The second kappa shape index (κ2) is 7.57. The van der Waals surface area contributed by atoms with Gasteiger partial charge < -0.3 is 10.1 Å². The molecule has 0 amide bonds. The number of hydrogen-bond donors (Lipinski definition) is 1. The van der Waals surface area contributed by atoms with E-state index in [1.165, 1.54) is 5.56 Å². The quantitative estimate of drug-likeness (QED) is 0.808.